The molecule has 0 spiro atoms. The molecule has 6 heteroatoms. The number of nitrogens with one attached hydrogen (secondary N) is 3. The molecule has 0 bridgehead atoms. The Labute approximate surface area is 169 Å². The van der Waals surface area contributed by atoms with Crippen molar-refractivity contribution in [1.82, 2.24) is 20.3 Å². The second-order valence-electron chi connectivity index (χ2n) is 6.84. The maximum Gasteiger partial charge on any atom is 0.254 e. The predicted octanol–water partition coefficient (Wildman–Crippen LogP) is 4.24. The lowest BCUT2D eigenvalue weighted by atomic mass is 10.1. The molecule has 2 heterocycles. The number of rotatable bonds is 7. The van der Waals surface area contributed by atoms with Crippen molar-refractivity contribution in [2.75, 3.05) is 11.9 Å². The molecular weight excluding hydrogens is 362 g/mol. The number of amides is 1. The monoisotopic (exact) mass is 385 g/mol. The van der Waals surface area contributed by atoms with Crippen LogP contribution in [-0.2, 0) is 12.8 Å². The Bertz CT molecular complexity index is 1100. The molecule has 0 aliphatic rings. The van der Waals surface area contributed by atoms with Crippen molar-refractivity contribution in [2.45, 2.75) is 19.8 Å². The van der Waals surface area contributed by atoms with Gasteiger partial charge in [-0.2, -0.15) is 0 Å². The molecule has 0 radical (unpaired) electrons. The molecule has 0 saturated carbocycles. The first-order chi connectivity index (χ1) is 14.2. The Morgan fingerprint density at radius 3 is 2.55 bits per heavy atom. The number of nitrogens with zero attached hydrogens (tertiary/aromatic N) is 2. The Hall–Kier alpha value is -3.67. The van der Waals surface area contributed by atoms with Gasteiger partial charge < -0.3 is 15.6 Å². The summed E-state index contributed by atoms with van der Waals surface area (Å²) in [7, 11) is 0. The van der Waals surface area contributed by atoms with Gasteiger partial charge in [0.1, 0.15) is 0 Å². The van der Waals surface area contributed by atoms with E-state index in [1.807, 2.05) is 36.5 Å². The van der Waals surface area contributed by atoms with E-state index >= 15 is 0 Å². The Kier molecular flexibility index (Phi) is 5.52. The van der Waals surface area contributed by atoms with Crippen molar-refractivity contribution in [3.05, 3.63) is 83.8 Å². The first kappa shape index (κ1) is 18.7. The molecule has 146 valence electrons. The fourth-order valence-electron chi connectivity index (χ4n) is 3.21. The Morgan fingerprint density at radius 2 is 1.79 bits per heavy atom. The van der Waals surface area contributed by atoms with Crippen molar-refractivity contribution < 1.29 is 4.79 Å². The summed E-state index contributed by atoms with van der Waals surface area (Å²) >= 11 is 0. The highest BCUT2D eigenvalue weighted by Crippen LogP contribution is 2.18. The van der Waals surface area contributed by atoms with Crippen LogP contribution >= 0.6 is 0 Å². The fraction of sp³-hybridized carbons (Fsp3) is 0.174. The molecule has 6 nitrogen and oxygen atoms in total. The van der Waals surface area contributed by atoms with E-state index in [-0.39, 0.29) is 5.91 Å². The van der Waals surface area contributed by atoms with Gasteiger partial charge in [-0.05, 0) is 42.2 Å². The summed E-state index contributed by atoms with van der Waals surface area (Å²) in [6, 6.07) is 16.3. The van der Waals surface area contributed by atoms with E-state index in [1.54, 1.807) is 0 Å². The van der Waals surface area contributed by atoms with Crippen molar-refractivity contribution in [2.24, 2.45) is 0 Å². The van der Waals surface area contributed by atoms with Gasteiger partial charge in [0.2, 0.25) is 5.95 Å². The summed E-state index contributed by atoms with van der Waals surface area (Å²) in [6.45, 7) is 2.67. The number of hydrogen-bond acceptors (Lipinski definition) is 4. The molecule has 2 aromatic heterocycles. The largest absolute Gasteiger partial charge is 0.361 e. The molecule has 0 aliphatic heterocycles. The Morgan fingerprint density at radius 1 is 1.03 bits per heavy atom. The van der Waals surface area contributed by atoms with E-state index < -0.39 is 0 Å². The van der Waals surface area contributed by atoms with Crippen LogP contribution in [-0.4, -0.2) is 27.4 Å². The zero-order valence-electron chi connectivity index (χ0n) is 16.3. The highest BCUT2D eigenvalue weighted by molar-refractivity contribution is 5.93. The lowest BCUT2D eigenvalue weighted by Gasteiger charge is -2.07. The molecule has 0 unspecified atom stereocenters. The Balaban J connectivity index is 1.31. The van der Waals surface area contributed by atoms with E-state index in [2.05, 4.69) is 50.7 Å². The molecule has 0 saturated heterocycles. The number of hydrogen-bond donors (Lipinski definition) is 3. The first-order valence-corrected chi connectivity index (χ1v) is 9.74. The average Bonchev–Trinajstić information content (AvgIpc) is 3.18. The molecule has 4 aromatic rings. The summed E-state index contributed by atoms with van der Waals surface area (Å²) in [6.07, 6.45) is 6.83. The van der Waals surface area contributed by atoms with Crippen LogP contribution in [0.5, 0.6) is 0 Å². The van der Waals surface area contributed by atoms with E-state index in [1.165, 1.54) is 28.9 Å². The first-order valence-electron chi connectivity index (χ1n) is 9.74. The number of aromatic nitrogens is 3. The van der Waals surface area contributed by atoms with Gasteiger partial charge in [-0.15, -0.1) is 0 Å². The van der Waals surface area contributed by atoms with Gasteiger partial charge in [0.15, 0.2) is 0 Å². The average molecular weight is 385 g/mol. The van der Waals surface area contributed by atoms with Crippen LogP contribution < -0.4 is 10.6 Å². The SMILES string of the molecule is CCc1ccc(Nc2ncc(C(=O)NCCc3c[nH]c4ccccc34)cn2)cc1. The van der Waals surface area contributed by atoms with Crippen LogP contribution in [0.1, 0.15) is 28.4 Å². The zero-order chi connectivity index (χ0) is 20.1. The molecule has 2 aromatic carbocycles. The third kappa shape index (κ3) is 4.43. The normalized spacial score (nSPS) is 10.8. The maximum absolute atomic E-state index is 12.4. The van der Waals surface area contributed by atoms with Crippen molar-refractivity contribution in [1.29, 1.82) is 0 Å². The summed E-state index contributed by atoms with van der Waals surface area (Å²) in [4.78, 5) is 24.1. The number of carbonyl (C=O) groups excluding carboxylic acids is 1. The number of fused-ring (bicyclic) bond motifs is 1. The topological polar surface area (TPSA) is 82.7 Å². The van der Waals surface area contributed by atoms with Gasteiger partial charge >= 0.3 is 0 Å². The van der Waals surface area contributed by atoms with Crippen LogP contribution in [0.3, 0.4) is 0 Å². The lowest BCUT2D eigenvalue weighted by Crippen LogP contribution is -2.26. The van der Waals surface area contributed by atoms with Crippen LogP contribution in [0, 0.1) is 0 Å². The lowest BCUT2D eigenvalue weighted by molar-refractivity contribution is 0.0953. The van der Waals surface area contributed by atoms with Crippen molar-refractivity contribution in [3.8, 4) is 0 Å². The predicted molar refractivity (Wildman–Crippen MR) is 115 cm³/mol. The minimum atomic E-state index is -0.177. The quantitative estimate of drug-likeness (QED) is 0.444. The molecule has 0 aliphatic carbocycles. The van der Waals surface area contributed by atoms with Crippen LogP contribution in [0.2, 0.25) is 0 Å². The third-order valence-electron chi connectivity index (χ3n) is 4.89. The van der Waals surface area contributed by atoms with Crippen LogP contribution in [0.25, 0.3) is 10.9 Å². The molecular formula is C23H23N5O. The van der Waals surface area contributed by atoms with Gasteiger partial charge in [-0.25, -0.2) is 9.97 Å². The molecule has 3 N–H and O–H groups in total. The second kappa shape index (κ2) is 8.56. The zero-order valence-corrected chi connectivity index (χ0v) is 16.3. The summed E-state index contributed by atoms with van der Waals surface area (Å²) in [5.74, 6) is 0.285. The van der Waals surface area contributed by atoms with E-state index in [9.17, 15) is 4.79 Å². The second-order valence-corrected chi connectivity index (χ2v) is 6.84. The summed E-state index contributed by atoms with van der Waals surface area (Å²) in [5.41, 5.74) is 4.92. The number of benzene rings is 2. The highest BCUT2D eigenvalue weighted by atomic mass is 16.1. The van der Waals surface area contributed by atoms with E-state index in [4.69, 9.17) is 0 Å². The standard InChI is InChI=1S/C23H23N5O/c1-2-16-7-9-19(10-8-16)28-23-26-14-18(15-27-23)22(29)24-12-11-17-13-25-21-6-4-3-5-20(17)21/h3-10,13-15,25H,2,11-12H2,1H3,(H,24,29)(H,26,27,28). The van der Waals surface area contributed by atoms with Crippen LogP contribution in [0.15, 0.2) is 67.1 Å². The number of anilines is 2. The fourth-order valence-corrected chi connectivity index (χ4v) is 3.21. The van der Waals surface area contributed by atoms with Crippen molar-refractivity contribution >= 4 is 28.4 Å². The summed E-state index contributed by atoms with van der Waals surface area (Å²) in [5, 5.41) is 7.26. The van der Waals surface area contributed by atoms with Gasteiger partial charge in [0, 0.05) is 41.7 Å². The van der Waals surface area contributed by atoms with Gasteiger partial charge in [-0.1, -0.05) is 37.3 Å². The van der Waals surface area contributed by atoms with Crippen molar-refractivity contribution in [3.63, 3.8) is 0 Å². The minimum Gasteiger partial charge on any atom is -0.361 e. The maximum atomic E-state index is 12.4. The molecule has 29 heavy (non-hydrogen) atoms. The molecule has 1 amide bonds. The number of aryl methyl sites for hydroxylation is 1. The van der Waals surface area contributed by atoms with Crippen LogP contribution in [0.4, 0.5) is 11.6 Å². The van der Waals surface area contributed by atoms with Gasteiger partial charge in [-0.3, -0.25) is 4.79 Å². The van der Waals surface area contributed by atoms with Gasteiger partial charge in [0.05, 0.1) is 5.56 Å². The molecule has 0 fully saturated rings. The number of H-pyrrole nitrogens is 1. The third-order valence-corrected chi connectivity index (χ3v) is 4.89. The minimum absolute atomic E-state index is 0.177. The summed E-state index contributed by atoms with van der Waals surface area (Å²) < 4.78 is 0. The number of para-hydroxylation sites is 1. The highest BCUT2D eigenvalue weighted by Gasteiger charge is 2.08. The number of carbonyl (C=O) groups is 1. The van der Waals surface area contributed by atoms with Gasteiger partial charge in [0.25, 0.3) is 5.91 Å². The molecule has 0 atom stereocenters. The van der Waals surface area contributed by atoms with E-state index in [0.717, 1.165) is 24.0 Å². The number of aromatic amines is 1. The van der Waals surface area contributed by atoms with E-state index in [0.29, 0.717) is 18.1 Å². The molecule has 4 rings (SSSR count). The smallest absolute Gasteiger partial charge is 0.254 e.